The summed E-state index contributed by atoms with van der Waals surface area (Å²) in [4.78, 5) is 117. The lowest BCUT2D eigenvalue weighted by Gasteiger charge is -2.44. The zero-order chi connectivity index (χ0) is 62.2. The Morgan fingerprint density at radius 3 is 2.17 bits per heavy atom. The maximum Gasteiger partial charge on any atom is 0.417 e. The molecular formula is C59H73F4N13O9S. The van der Waals surface area contributed by atoms with Crippen LogP contribution < -0.4 is 36.6 Å². The van der Waals surface area contributed by atoms with Crippen molar-refractivity contribution in [2.75, 3.05) is 87.7 Å². The number of piperazine rings is 2. The summed E-state index contributed by atoms with van der Waals surface area (Å²) in [6.45, 7) is 13.7. The fraction of sp³-hybridized carbons (Fsp3) is 0.492. The van der Waals surface area contributed by atoms with Crippen molar-refractivity contribution >= 4 is 64.1 Å². The predicted molar refractivity (Wildman–Crippen MR) is 314 cm³/mol. The van der Waals surface area contributed by atoms with E-state index in [9.17, 15) is 51.8 Å². The number of hydrogen-bond donors (Lipinski definition) is 6. The van der Waals surface area contributed by atoms with Gasteiger partial charge in [-0.1, -0.05) is 45.0 Å². The molecule has 5 atom stereocenters. The van der Waals surface area contributed by atoms with Gasteiger partial charge in [0, 0.05) is 132 Å². The molecule has 27 heteroatoms. The summed E-state index contributed by atoms with van der Waals surface area (Å²) in [6.07, 6.45) is -2.65. The third-order valence-corrected chi connectivity index (χ3v) is 16.7. The third-order valence-electron chi connectivity index (χ3n) is 15.7. The Bertz CT molecular complexity index is 3300. The Labute approximate surface area is 499 Å². The largest absolute Gasteiger partial charge is 0.417 e. The van der Waals surface area contributed by atoms with Crippen LogP contribution in [0.5, 0.6) is 0 Å². The number of carbonyl (C=O) groups excluding carboxylic acids is 6. The van der Waals surface area contributed by atoms with E-state index in [2.05, 4.69) is 46.1 Å². The highest BCUT2D eigenvalue weighted by molar-refractivity contribution is 7.13. The maximum absolute atomic E-state index is 16.2. The molecule has 0 radical (unpaired) electrons. The average molecular weight is 1220 g/mol. The molecular weight excluding hydrogens is 1140 g/mol. The number of amides is 6. The van der Waals surface area contributed by atoms with Crippen LogP contribution in [0, 0.1) is 18.2 Å². The molecule has 3 aromatic heterocycles. The number of likely N-dealkylation sites (N-methyl/N-ethyl adjacent to an activating group) is 1. The number of thiazole rings is 1. The Balaban J connectivity index is 0.757. The van der Waals surface area contributed by atoms with Crippen LogP contribution in [0.25, 0.3) is 21.6 Å². The molecule has 3 fully saturated rings. The molecule has 3 saturated heterocycles. The number of β-amino-alcohol motifs (C(OH)–C–C–N with tert-alkyl or cyclic N) is 1. The van der Waals surface area contributed by atoms with Gasteiger partial charge in [-0.2, -0.15) is 13.2 Å². The highest BCUT2D eigenvalue weighted by atomic mass is 32.1. The van der Waals surface area contributed by atoms with Crippen molar-refractivity contribution in [3.05, 3.63) is 105 Å². The molecule has 22 nitrogen and oxygen atoms in total. The van der Waals surface area contributed by atoms with E-state index in [1.165, 1.54) is 29.4 Å². The van der Waals surface area contributed by atoms with Crippen molar-refractivity contribution in [3.63, 3.8) is 0 Å². The van der Waals surface area contributed by atoms with Gasteiger partial charge in [-0.15, -0.1) is 11.3 Å². The van der Waals surface area contributed by atoms with Crippen molar-refractivity contribution < 1.29 is 56.2 Å². The van der Waals surface area contributed by atoms with Gasteiger partial charge in [0.2, 0.25) is 41.0 Å². The number of ether oxygens (including phenoxy) is 1. The number of aryl methyl sites for hydroxylation is 1. The lowest BCUT2D eigenvalue weighted by Crippen LogP contribution is -2.57. The van der Waals surface area contributed by atoms with Crippen LogP contribution in [0.1, 0.15) is 87.5 Å². The fourth-order valence-corrected chi connectivity index (χ4v) is 11.4. The van der Waals surface area contributed by atoms with Gasteiger partial charge < -0.3 is 55.7 Å². The van der Waals surface area contributed by atoms with Crippen LogP contribution in [-0.4, -0.2) is 178 Å². The lowest BCUT2D eigenvalue weighted by molar-refractivity contribution is -0.144. The monoisotopic (exact) mass is 1220 g/mol. The number of aliphatic hydroxyl groups excluding tert-OH is 1. The average Bonchev–Trinajstić information content (AvgIpc) is 1.61. The topological polar surface area (TPSA) is 268 Å². The van der Waals surface area contributed by atoms with Gasteiger partial charge >= 0.3 is 6.18 Å². The van der Waals surface area contributed by atoms with Gasteiger partial charge in [0.25, 0.3) is 5.91 Å². The first-order chi connectivity index (χ1) is 40.7. The van der Waals surface area contributed by atoms with Gasteiger partial charge in [0.1, 0.15) is 17.9 Å². The quantitative estimate of drug-likeness (QED) is 0.0444. The number of anilines is 3. The molecule has 0 bridgehead atoms. The third kappa shape index (κ3) is 15.9. The lowest BCUT2D eigenvalue weighted by atomic mass is 9.85. The predicted octanol–water partition coefficient (Wildman–Crippen LogP) is 4.96. The number of likely N-dealkylation sites (tertiary alicyclic amines) is 1. The minimum absolute atomic E-state index is 0.00621. The summed E-state index contributed by atoms with van der Waals surface area (Å²) in [5.74, 6) is -3.55. The van der Waals surface area contributed by atoms with Crippen LogP contribution in [0.4, 0.5) is 34.9 Å². The van der Waals surface area contributed by atoms with Gasteiger partial charge in [-0.05, 0) is 56.5 Å². The van der Waals surface area contributed by atoms with E-state index < -0.39 is 75.9 Å². The second kappa shape index (κ2) is 27.7. The van der Waals surface area contributed by atoms with Crippen molar-refractivity contribution in [1.82, 2.24) is 50.6 Å². The summed E-state index contributed by atoms with van der Waals surface area (Å²) in [6, 6.07) is 8.65. The number of halogens is 4. The summed E-state index contributed by atoms with van der Waals surface area (Å²) < 4.78 is 63.8. The number of aromatic nitrogens is 4. The number of H-pyrrole nitrogens is 1. The summed E-state index contributed by atoms with van der Waals surface area (Å²) in [7, 11) is 1.95. The fourth-order valence-electron chi connectivity index (χ4n) is 10.6. The van der Waals surface area contributed by atoms with Gasteiger partial charge in [-0.3, -0.25) is 38.5 Å². The molecule has 462 valence electrons. The second-order valence-corrected chi connectivity index (χ2v) is 23.8. The molecule has 0 saturated carbocycles. The van der Waals surface area contributed by atoms with Crippen LogP contribution in [0.3, 0.4) is 0 Å². The van der Waals surface area contributed by atoms with Crippen molar-refractivity contribution in [1.29, 1.82) is 0 Å². The molecule has 5 aromatic rings. The van der Waals surface area contributed by atoms with E-state index >= 15 is 4.39 Å². The zero-order valence-electron chi connectivity index (χ0n) is 49.1. The molecule has 1 unspecified atom stereocenters. The minimum atomic E-state index is -5.02. The number of hydrogen-bond acceptors (Lipinski definition) is 16. The molecule has 8 rings (SSSR count). The maximum atomic E-state index is 16.2. The minimum Gasteiger partial charge on any atom is -0.391 e. The van der Waals surface area contributed by atoms with Crippen LogP contribution >= 0.6 is 11.3 Å². The molecule has 6 amide bonds. The summed E-state index contributed by atoms with van der Waals surface area (Å²) >= 11 is 1.55. The number of aromatic amines is 1. The Morgan fingerprint density at radius 1 is 0.849 bits per heavy atom. The first kappa shape index (κ1) is 64.1. The first-order valence-electron chi connectivity index (χ1n) is 28.4. The van der Waals surface area contributed by atoms with Crippen LogP contribution in [0.15, 0.2) is 71.4 Å². The zero-order valence-corrected chi connectivity index (χ0v) is 49.9. The number of alkyl halides is 3. The second-order valence-electron chi connectivity index (χ2n) is 23.0. The highest BCUT2D eigenvalue weighted by Crippen LogP contribution is 2.38. The molecule has 2 aromatic carbocycles. The number of benzene rings is 2. The molecule has 6 heterocycles. The van der Waals surface area contributed by atoms with Gasteiger partial charge in [-0.25, -0.2) is 19.3 Å². The highest BCUT2D eigenvalue weighted by Gasteiger charge is 2.45. The smallest absolute Gasteiger partial charge is 0.391 e. The number of pyridine rings is 1. The van der Waals surface area contributed by atoms with E-state index in [1.54, 1.807) is 42.5 Å². The molecule has 0 aliphatic carbocycles. The van der Waals surface area contributed by atoms with E-state index in [0.717, 1.165) is 21.7 Å². The Morgan fingerprint density at radius 2 is 1.53 bits per heavy atom. The standard InChI is InChI=1S/C59H73F4N13O9S/c1-34-30-75(31-35(2)72(34)7)46-25-44(60)41(23-45(46)70-54(82)42-29-65-50(80)24-43(42)59(61,62)63)39-27-67-57(68-28-39)74-18-16-73(17-19-74)51(81)13-12-48(78)64-15-21-85-20-14-49(79)71-53(58(4,5)6)56(84)76-32-40(77)22-47(76)55(83)66-26-37-8-10-38(11-9-37)52-36(3)69-33-86-52/h8-11,23-25,27-29,33-35,40,47,53,77H,12-22,26,30-32H2,1-7H3,(H,64,78)(H,65,80)(H,66,83)(H,70,82)(H,71,79)/t34-,35+,40-,47+,53?/m1/s1. The van der Waals surface area contributed by atoms with Crippen molar-refractivity contribution in [3.8, 4) is 21.6 Å². The molecule has 0 spiro atoms. The van der Waals surface area contributed by atoms with Crippen LogP contribution in [0.2, 0.25) is 0 Å². The Kier molecular flexibility index (Phi) is 20.6. The molecule has 86 heavy (non-hydrogen) atoms. The van der Waals surface area contributed by atoms with Crippen LogP contribution in [-0.2, 0) is 41.4 Å². The number of rotatable bonds is 20. The number of nitrogens with zero attached hydrogens (tertiary/aromatic N) is 8. The molecule has 3 aliphatic rings. The molecule has 6 N–H and O–H groups in total. The van der Waals surface area contributed by atoms with Gasteiger partial charge in [0.05, 0.1) is 57.9 Å². The number of aliphatic hydroxyl groups is 1. The van der Waals surface area contributed by atoms with E-state index in [0.29, 0.717) is 57.5 Å². The van der Waals surface area contributed by atoms with Crippen molar-refractivity contribution in [2.45, 2.75) is 110 Å². The Hall–Kier alpha value is -7.88. The summed E-state index contributed by atoms with van der Waals surface area (Å²) in [5, 5.41) is 21.6. The molecule has 3 aliphatic heterocycles. The first-order valence-corrected chi connectivity index (χ1v) is 29.3. The SMILES string of the molecule is Cc1ncsc1-c1ccc(CNC(=O)[C@@H]2C[C@@H](O)CN2C(=O)C(NC(=O)CCOCCNC(=O)CCC(=O)N2CCN(c3ncc(-c4cc(NC(=O)c5c[nH]c(=O)cc5C(F)(F)F)c(N5C[C@@H](C)N(C)[C@@H](C)C5)cc4F)cn3)CC2)C(C)(C)C)cc1. The van der Waals surface area contributed by atoms with E-state index in [4.69, 9.17) is 4.74 Å². The van der Waals surface area contributed by atoms with Crippen molar-refractivity contribution in [2.24, 2.45) is 5.41 Å². The number of carbonyl (C=O) groups is 6. The number of nitrogens with one attached hydrogen (secondary N) is 5. The van der Waals surface area contributed by atoms with E-state index in [1.807, 2.05) is 61.9 Å². The normalized spacial score (nSPS) is 18.8. The van der Waals surface area contributed by atoms with Gasteiger partial charge in [0.15, 0.2) is 0 Å². The summed E-state index contributed by atoms with van der Waals surface area (Å²) in [5.41, 5.74) is 1.01. The van der Waals surface area contributed by atoms with E-state index in [-0.39, 0.29) is 105 Å².